The van der Waals surface area contributed by atoms with E-state index >= 15 is 0 Å². The van der Waals surface area contributed by atoms with E-state index in [1.54, 1.807) is 17.4 Å². The molecular weight excluding hydrogens is 336 g/mol. The first kappa shape index (κ1) is 15.1. The molecule has 0 atom stereocenters. The van der Waals surface area contributed by atoms with Crippen LogP contribution in [0.4, 0.5) is 5.69 Å². The number of thiophene rings is 1. The predicted molar refractivity (Wildman–Crippen MR) is 88.0 cm³/mol. The van der Waals surface area contributed by atoms with Gasteiger partial charge >= 0.3 is 0 Å². The first-order valence-electron chi connectivity index (χ1n) is 6.41. The second kappa shape index (κ2) is 6.41. The topological polar surface area (TPSA) is 46.3 Å². The molecule has 20 heavy (non-hydrogen) atoms. The monoisotopic (exact) mass is 352 g/mol. The van der Waals surface area contributed by atoms with Gasteiger partial charge in [-0.1, -0.05) is 6.07 Å². The van der Waals surface area contributed by atoms with Gasteiger partial charge in [0.25, 0.3) is 5.91 Å². The van der Waals surface area contributed by atoms with Crippen LogP contribution in [0.2, 0.25) is 0 Å². The van der Waals surface area contributed by atoms with Crippen LogP contribution in [0.25, 0.3) is 0 Å². The van der Waals surface area contributed by atoms with Crippen LogP contribution in [-0.2, 0) is 6.54 Å². The normalized spacial score (nSPS) is 10.6. The summed E-state index contributed by atoms with van der Waals surface area (Å²) >= 11 is 5.10. The standard InChI is InChI=1S/C15H17BrN2OS/c1-3-18(9-12-6-7-14(16)20-12)15(19)13-8-11(17)5-4-10(13)2/h4-8H,3,9,17H2,1-2H3. The zero-order chi connectivity index (χ0) is 14.7. The fraction of sp³-hybridized carbons (Fsp3) is 0.267. The van der Waals surface area contributed by atoms with Gasteiger partial charge in [0.15, 0.2) is 0 Å². The summed E-state index contributed by atoms with van der Waals surface area (Å²) in [6.45, 7) is 5.22. The molecule has 0 aliphatic heterocycles. The molecule has 0 aliphatic rings. The Hall–Kier alpha value is -1.33. The Morgan fingerprint density at radius 3 is 2.70 bits per heavy atom. The average molecular weight is 353 g/mol. The molecule has 2 N–H and O–H groups in total. The van der Waals surface area contributed by atoms with Crippen molar-refractivity contribution in [1.82, 2.24) is 4.90 Å². The van der Waals surface area contributed by atoms with Crippen LogP contribution in [0.1, 0.15) is 27.7 Å². The van der Waals surface area contributed by atoms with E-state index in [0.29, 0.717) is 24.3 Å². The molecule has 0 saturated heterocycles. The van der Waals surface area contributed by atoms with Gasteiger partial charge in [0, 0.05) is 22.7 Å². The van der Waals surface area contributed by atoms with Gasteiger partial charge in [0.05, 0.1) is 10.3 Å². The van der Waals surface area contributed by atoms with Crippen molar-refractivity contribution in [2.45, 2.75) is 20.4 Å². The van der Waals surface area contributed by atoms with Crippen molar-refractivity contribution >= 4 is 38.9 Å². The lowest BCUT2D eigenvalue weighted by Crippen LogP contribution is -2.30. The van der Waals surface area contributed by atoms with E-state index < -0.39 is 0 Å². The minimum Gasteiger partial charge on any atom is -0.399 e. The molecule has 5 heteroatoms. The summed E-state index contributed by atoms with van der Waals surface area (Å²) in [5.41, 5.74) is 8.04. The fourth-order valence-electron chi connectivity index (χ4n) is 1.99. The highest BCUT2D eigenvalue weighted by Gasteiger charge is 2.17. The van der Waals surface area contributed by atoms with Crippen molar-refractivity contribution in [3.05, 3.63) is 50.1 Å². The molecule has 0 fully saturated rings. The molecule has 3 nitrogen and oxygen atoms in total. The van der Waals surface area contributed by atoms with E-state index in [2.05, 4.69) is 15.9 Å². The number of hydrogen-bond acceptors (Lipinski definition) is 3. The second-order valence-corrected chi connectivity index (χ2v) is 7.15. The third-order valence-electron chi connectivity index (χ3n) is 3.14. The summed E-state index contributed by atoms with van der Waals surface area (Å²) in [6.07, 6.45) is 0. The van der Waals surface area contributed by atoms with E-state index in [9.17, 15) is 4.79 Å². The van der Waals surface area contributed by atoms with Gasteiger partial charge in [-0.05, 0) is 59.6 Å². The number of nitrogen functional groups attached to an aromatic ring is 1. The van der Waals surface area contributed by atoms with Gasteiger partial charge in [-0.2, -0.15) is 0 Å². The minimum atomic E-state index is 0.0295. The summed E-state index contributed by atoms with van der Waals surface area (Å²) in [7, 11) is 0. The Kier molecular flexibility index (Phi) is 4.83. The average Bonchev–Trinajstić information content (AvgIpc) is 2.83. The highest BCUT2D eigenvalue weighted by atomic mass is 79.9. The summed E-state index contributed by atoms with van der Waals surface area (Å²) in [6, 6.07) is 9.50. The van der Waals surface area contributed by atoms with E-state index in [4.69, 9.17) is 5.73 Å². The summed E-state index contributed by atoms with van der Waals surface area (Å²) in [5, 5.41) is 0. The molecular formula is C15H17BrN2OS. The largest absolute Gasteiger partial charge is 0.399 e. The van der Waals surface area contributed by atoms with Crippen molar-refractivity contribution in [1.29, 1.82) is 0 Å². The van der Waals surface area contributed by atoms with Crippen LogP contribution in [-0.4, -0.2) is 17.4 Å². The third-order valence-corrected chi connectivity index (χ3v) is 4.74. The zero-order valence-electron chi connectivity index (χ0n) is 11.5. The molecule has 0 bridgehead atoms. The Balaban J connectivity index is 2.22. The molecule has 2 rings (SSSR count). The Bertz CT molecular complexity index is 624. The summed E-state index contributed by atoms with van der Waals surface area (Å²) in [5.74, 6) is 0.0295. The minimum absolute atomic E-state index is 0.0295. The van der Waals surface area contributed by atoms with Crippen LogP contribution in [0.3, 0.4) is 0 Å². The quantitative estimate of drug-likeness (QED) is 0.843. The van der Waals surface area contributed by atoms with Crippen molar-refractivity contribution < 1.29 is 4.79 Å². The van der Waals surface area contributed by atoms with Gasteiger partial charge < -0.3 is 10.6 Å². The van der Waals surface area contributed by atoms with Crippen LogP contribution >= 0.6 is 27.3 Å². The van der Waals surface area contributed by atoms with E-state index in [1.165, 1.54) is 0 Å². The van der Waals surface area contributed by atoms with Crippen LogP contribution in [0.5, 0.6) is 0 Å². The molecule has 0 radical (unpaired) electrons. The molecule has 1 aromatic heterocycles. The van der Waals surface area contributed by atoms with Crippen molar-refractivity contribution in [3.8, 4) is 0 Å². The molecule has 0 saturated carbocycles. The maximum atomic E-state index is 12.6. The van der Waals surface area contributed by atoms with E-state index in [0.717, 1.165) is 14.2 Å². The molecule has 2 aromatic rings. The van der Waals surface area contributed by atoms with Gasteiger partial charge in [-0.15, -0.1) is 11.3 Å². The van der Waals surface area contributed by atoms with E-state index in [-0.39, 0.29) is 5.91 Å². The lowest BCUT2D eigenvalue weighted by molar-refractivity contribution is 0.0753. The lowest BCUT2D eigenvalue weighted by atomic mass is 10.1. The Labute approximate surface area is 131 Å². The molecule has 106 valence electrons. The molecule has 0 aliphatic carbocycles. The molecule has 1 heterocycles. The maximum Gasteiger partial charge on any atom is 0.254 e. The number of aryl methyl sites for hydroxylation is 1. The number of halogens is 1. The first-order chi connectivity index (χ1) is 9.51. The first-order valence-corrected chi connectivity index (χ1v) is 8.01. The maximum absolute atomic E-state index is 12.6. The second-order valence-electron chi connectivity index (χ2n) is 4.60. The highest BCUT2D eigenvalue weighted by molar-refractivity contribution is 9.11. The lowest BCUT2D eigenvalue weighted by Gasteiger charge is -2.21. The number of carbonyl (C=O) groups excluding carboxylic acids is 1. The van der Waals surface area contributed by atoms with Gasteiger partial charge in [0.2, 0.25) is 0 Å². The Morgan fingerprint density at radius 2 is 2.10 bits per heavy atom. The number of amides is 1. The zero-order valence-corrected chi connectivity index (χ0v) is 13.9. The van der Waals surface area contributed by atoms with Crippen LogP contribution in [0, 0.1) is 6.92 Å². The number of nitrogens with two attached hydrogens (primary N) is 1. The smallest absolute Gasteiger partial charge is 0.254 e. The van der Waals surface area contributed by atoms with Crippen LogP contribution in [0.15, 0.2) is 34.1 Å². The number of anilines is 1. The molecule has 0 unspecified atom stereocenters. The van der Waals surface area contributed by atoms with E-state index in [1.807, 2.05) is 43.0 Å². The summed E-state index contributed by atoms with van der Waals surface area (Å²) in [4.78, 5) is 15.6. The van der Waals surface area contributed by atoms with Crippen molar-refractivity contribution in [2.24, 2.45) is 0 Å². The summed E-state index contributed by atoms with van der Waals surface area (Å²) < 4.78 is 1.08. The predicted octanol–water partition coefficient (Wildman–Crippen LogP) is 4.06. The number of carbonyl (C=O) groups is 1. The number of rotatable bonds is 4. The van der Waals surface area contributed by atoms with Crippen molar-refractivity contribution in [2.75, 3.05) is 12.3 Å². The number of benzene rings is 1. The molecule has 0 spiro atoms. The number of nitrogens with zero attached hydrogens (tertiary/aromatic N) is 1. The van der Waals surface area contributed by atoms with Gasteiger partial charge in [-0.3, -0.25) is 4.79 Å². The third kappa shape index (κ3) is 3.41. The van der Waals surface area contributed by atoms with Crippen LogP contribution < -0.4 is 5.73 Å². The SMILES string of the molecule is CCN(Cc1ccc(Br)s1)C(=O)c1cc(N)ccc1C. The van der Waals surface area contributed by atoms with Gasteiger partial charge in [0.1, 0.15) is 0 Å². The highest BCUT2D eigenvalue weighted by Crippen LogP contribution is 2.24. The van der Waals surface area contributed by atoms with Gasteiger partial charge in [-0.25, -0.2) is 0 Å². The number of hydrogen-bond donors (Lipinski definition) is 1. The van der Waals surface area contributed by atoms with Crippen molar-refractivity contribution in [3.63, 3.8) is 0 Å². The molecule has 1 amide bonds. The Morgan fingerprint density at radius 1 is 1.35 bits per heavy atom. The molecule has 1 aromatic carbocycles. The fourth-order valence-corrected chi connectivity index (χ4v) is 3.49.